The van der Waals surface area contributed by atoms with E-state index in [-0.39, 0.29) is 12.0 Å². The van der Waals surface area contributed by atoms with Crippen LogP contribution in [0, 0.1) is 6.92 Å². The molecule has 1 aliphatic carbocycles. The molecule has 0 amide bonds. The van der Waals surface area contributed by atoms with E-state index < -0.39 is 0 Å². The van der Waals surface area contributed by atoms with Crippen molar-refractivity contribution < 1.29 is 9.26 Å². The fourth-order valence-corrected chi connectivity index (χ4v) is 4.19. The molecule has 4 aromatic heterocycles. The van der Waals surface area contributed by atoms with Crippen LogP contribution < -0.4 is 4.74 Å². The third-order valence-corrected chi connectivity index (χ3v) is 5.83. The lowest BCUT2D eigenvalue weighted by molar-refractivity contribution is 0.256. The van der Waals surface area contributed by atoms with Crippen LogP contribution in [0.2, 0.25) is 0 Å². The van der Waals surface area contributed by atoms with Crippen LogP contribution in [-0.2, 0) is 19.1 Å². The zero-order chi connectivity index (χ0) is 20.7. The second-order valence-corrected chi connectivity index (χ2v) is 8.27. The van der Waals surface area contributed by atoms with Gasteiger partial charge in [0.05, 0.1) is 6.20 Å². The summed E-state index contributed by atoms with van der Waals surface area (Å²) in [5.41, 5.74) is 3.05. The Morgan fingerprint density at radius 1 is 1.13 bits per heavy atom. The Hall–Kier alpha value is -3.30. The van der Waals surface area contributed by atoms with Gasteiger partial charge in [0, 0.05) is 18.7 Å². The Balaban J connectivity index is 1.59. The van der Waals surface area contributed by atoms with Crippen LogP contribution in [0.4, 0.5) is 0 Å². The van der Waals surface area contributed by atoms with E-state index in [0.29, 0.717) is 28.8 Å². The van der Waals surface area contributed by atoms with E-state index in [9.17, 15) is 0 Å². The molecule has 0 bridgehead atoms. The van der Waals surface area contributed by atoms with Crippen LogP contribution in [0.25, 0.3) is 17.2 Å². The van der Waals surface area contributed by atoms with Gasteiger partial charge in [0.1, 0.15) is 18.1 Å². The number of hydrogen-bond acceptors (Lipinski definition) is 8. The van der Waals surface area contributed by atoms with Gasteiger partial charge in [-0.25, -0.2) is 0 Å². The van der Waals surface area contributed by atoms with Crippen molar-refractivity contribution >= 4 is 5.65 Å². The van der Waals surface area contributed by atoms with Crippen molar-refractivity contribution in [1.29, 1.82) is 0 Å². The molecule has 4 heterocycles. The van der Waals surface area contributed by atoms with Gasteiger partial charge in [-0.05, 0) is 31.2 Å². The average molecular weight is 408 g/mol. The van der Waals surface area contributed by atoms with Crippen molar-refractivity contribution in [3.05, 3.63) is 35.3 Å². The van der Waals surface area contributed by atoms with Crippen molar-refractivity contribution in [3.8, 4) is 17.4 Å². The summed E-state index contributed by atoms with van der Waals surface area (Å²) in [7, 11) is 1.83. The maximum atomic E-state index is 6.18. The van der Waals surface area contributed by atoms with Gasteiger partial charge in [0.25, 0.3) is 0 Å². The van der Waals surface area contributed by atoms with Crippen molar-refractivity contribution in [1.82, 2.24) is 40.0 Å². The van der Waals surface area contributed by atoms with Crippen molar-refractivity contribution in [2.45, 2.75) is 58.0 Å². The van der Waals surface area contributed by atoms with Gasteiger partial charge in [-0.2, -0.15) is 4.52 Å². The predicted octanol–water partition coefficient (Wildman–Crippen LogP) is 3.02. The second kappa shape index (κ2) is 7.19. The van der Waals surface area contributed by atoms with Gasteiger partial charge in [0.2, 0.25) is 11.7 Å². The number of hydrogen-bond donors (Lipinski definition) is 0. The Morgan fingerprint density at radius 2 is 1.97 bits per heavy atom. The number of fused-ring (bicyclic) bond motifs is 1. The van der Waals surface area contributed by atoms with E-state index in [1.54, 1.807) is 9.20 Å². The van der Waals surface area contributed by atoms with Crippen LogP contribution >= 0.6 is 0 Å². The topological polar surface area (TPSA) is 109 Å². The first kappa shape index (κ1) is 18.7. The van der Waals surface area contributed by atoms with Gasteiger partial charge < -0.3 is 9.26 Å². The molecule has 0 radical (unpaired) electrons. The van der Waals surface area contributed by atoms with Gasteiger partial charge in [0.15, 0.2) is 11.3 Å². The Morgan fingerprint density at radius 3 is 2.67 bits per heavy atom. The van der Waals surface area contributed by atoms with E-state index in [2.05, 4.69) is 32.6 Å². The molecule has 0 spiro atoms. The predicted molar refractivity (Wildman–Crippen MR) is 107 cm³/mol. The number of rotatable bonds is 5. The molecule has 0 unspecified atom stereocenters. The van der Waals surface area contributed by atoms with Crippen molar-refractivity contribution in [3.63, 3.8) is 0 Å². The normalized spacial score (nSPS) is 16.2. The molecule has 1 aliphatic rings. The average Bonchev–Trinajstić information content (AvgIpc) is 3.45. The first-order valence-electron chi connectivity index (χ1n) is 10.2. The second-order valence-electron chi connectivity index (χ2n) is 8.27. The van der Waals surface area contributed by atoms with E-state index in [0.717, 1.165) is 24.1 Å². The Kier molecular flexibility index (Phi) is 4.48. The molecule has 156 valence electrons. The summed E-state index contributed by atoms with van der Waals surface area (Å²) in [6, 6.07) is 3.86. The Labute approximate surface area is 173 Å². The lowest BCUT2D eigenvalue weighted by Gasteiger charge is -2.34. The summed E-state index contributed by atoms with van der Waals surface area (Å²) < 4.78 is 14.7. The Bertz CT molecular complexity index is 1180. The molecule has 0 aromatic carbocycles. The summed E-state index contributed by atoms with van der Waals surface area (Å²) in [4.78, 5) is 0. The first-order valence-corrected chi connectivity index (χ1v) is 10.2. The smallest absolute Gasteiger partial charge is 0.236 e. The van der Waals surface area contributed by atoms with E-state index in [1.807, 2.05) is 32.3 Å². The minimum atomic E-state index is -0.0126. The molecular weight excluding hydrogens is 384 g/mol. The fraction of sp³-hybridized carbons (Fsp3) is 0.500. The zero-order valence-corrected chi connectivity index (χ0v) is 17.4. The highest BCUT2D eigenvalue weighted by Gasteiger charge is 2.33. The number of aromatic nitrogens is 8. The highest BCUT2D eigenvalue weighted by molar-refractivity contribution is 5.56. The minimum absolute atomic E-state index is 0.0126. The third-order valence-electron chi connectivity index (χ3n) is 5.83. The quantitative estimate of drug-likeness (QED) is 0.496. The number of nitrogens with zero attached hydrogens (tertiary/aromatic N) is 8. The van der Waals surface area contributed by atoms with Crippen molar-refractivity contribution in [2.75, 3.05) is 0 Å². The molecule has 0 saturated heterocycles. The lowest BCUT2D eigenvalue weighted by atomic mass is 9.71. The first-order chi connectivity index (χ1) is 14.5. The van der Waals surface area contributed by atoms with Gasteiger partial charge in [-0.3, -0.25) is 4.68 Å². The van der Waals surface area contributed by atoms with Crippen LogP contribution in [0.3, 0.4) is 0 Å². The van der Waals surface area contributed by atoms with Gasteiger partial charge in [-0.1, -0.05) is 36.6 Å². The number of ether oxygens (including phenoxy) is 1. The summed E-state index contributed by atoms with van der Waals surface area (Å²) in [6.07, 6.45) is 7.68. The van der Waals surface area contributed by atoms with E-state index >= 15 is 0 Å². The van der Waals surface area contributed by atoms with Gasteiger partial charge in [-0.15, -0.1) is 20.4 Å². The largest absolute Gasteiger partial charge is 0.470 e. The standard InChI is InChI=1S/C20H24N8O2/c1-13-9-16(25-30-13)18-23-22-17-10-15(20(2)7-5-4-6-8-20)19(24-28(17)18)29-12-14-11-27(3)26-21-14/h9-11H,4-8,12H2,1-3H3. The zero-order valence-electron chi connectivity index (χ0n) is 17.4. The summed E-state index contributed by atoms with van der Waals surface area (Å²) in [5.74, 6) is 1.79. The number of aryl methyl sites for hydroxylation is 2. The van der Waals surface area contributed by atoms with Crippen LogP contribution in [0.15, 0.2) is 22.9 Å². The highest BCUT2D eigenvalue weighted by Crippen LogP contribution is 2.42. The molecule has 4 aromatic rings. The monoisotopic (exact) mass is 408 g/mol. The molecule has 30 heavy (non-hydrogen) atoms. The highest BCUT2D eigenvalue weighted by atomic mass is 16.5. The van der Waals surface area contributed by atoms with Crippen LogP contribution in [-0.4, -0.2) is 40.0 Å². The molecular formula is C20H24N8O2. The summed E-state index contributed by atoms with van der Waals surface area (Å²) >= 11 is 0. The summed E-state index contributed by atoms with van der Waals surface area (Å²) in [6.45, 7) is 4.41. The third kappa shape index (κ3) is 3.31. The lowest BCUT2D eigenvalue weighted by Crippen LogP contribution is -2.26. The molecule has 10 nitrogen and oxygen atoms in total. The molecule has 5 rings (SSSR count). The van der Waals surface area contributed by atoms with Crippen molar-refractivity contribution in [2.24, 2.45) is 7.05 Å². The van der Waals surface area contributed by atoms with Crippen LogP contribution in [0.1, 0.15) is 56.0 Å². The maximum Gasteiger partial charge on any atom is 0.236 e. The molecule has 0 atom stereocenters. The molecule has 10 heteroatoms. The van der Waals surface area contributed by atoms with Crippen LogP contribution in [0.5, 0.6) is 5.88 Å². The molecule has 0 aliphatic heterocycles. The SMILES string of the molecule is Cc1cc(-c2nnc3cc(C4(C)CCCCC4)c(OCc4cn(C)nn4)nn23)no1. The van der Waals surface area contributed by atoms with E-state index in [4.69, 9.17) is 14.4 Å². The van der Waals surface area contributed by atoms with E-state index in [1.165, 1.54) is 19.3 Å². The van der Waals surface area contributed by atoms with Gasteiger partial charge >= 0.3 is 0 Å². The molecule has 1 saturated carbocycles. The summed E-state index contributed by atoms with van der Waals surface area (Å²) in [5, 5.41) is 25.6. The minimum Gasteiger partial charge on any atom is -0.470 e. The molecule has 0 N–H and O–H groups in total. The molecule has 1 fully saturated rings. The maximum absolute atomic E-state index is 6.18. The fourth-order valence-electron chi connectivity index (χ4n) is 4.19.